The van der Waals surface area contributed by atoms with Crippen molar-refractivity contribution < 1.29 is 9.59 Å². The third-order valence-corrected chi connectivity index (χ3v) is 4.19. The lowest BCUT2D eigenvalue weighted by Gasteiger charge is -2.20. The molecule has 1 aliphatic heterocycles. The Balaban J connectivity index is 0.00000364. The standard InChI is InChI=1S/C18H28N6O2.HI/c1-13(2)17(26)24-10-6-15(12-24)23-18(19-3)22-9-8-21-16(25)14-5-4-7-20-11-14;/h4-5,7,11,13,15H,6,8-10,12H2,1-3H3,(H,21,25)(H2,19,22,23);1H. The summed E-state index contributed by atoms with van der Waals surface area (Å²) in [4.78, 5) is 34.0. The third kappa shape index (κ3) is 7.31. The van der Waals surface area contributed by atoms with Crippen LogP contribution in [0.15, 0.2) is 29.5 Å². The normalized spacial score (nSPS) is 16.7. The molecule has 9 heteroatoms. The summed E-state index contributed by atoms with van der Waals surface area (Å²) in [5.41, 5.74) is 0.538. The van der Waals surface area contributed by atoms with Crippen molar-refractivity contribution in [1.29, 1.82) is 0 Å². The van der Waals surface area contributed by atoms with Crippen LogP contribution in [-0.2, 0) is 4.79 Å². The van der Waals surface area contributed by atoms with Crippen molar-refractivity contribution in [2.45, 2.75) is 26.3 Å². The molecule has 0 aromatic carbocycles. The van der Waals surface area contributed by atoms with Gasteiger partial charge in [0.15, 0.2) is 5.96 Å². The first-order valence-corrected chi connectivity index (χ1v) is 8.95. The highest BCUT2D eigenvalue weighted by molar-refractivity contribution is 14.0. The average Bonchev–Trinajstić information content (AvgIpc) is 3.12. The molecule has 27 heavy (non-hydrogen) atoms. The first-order valence-electron chi connectivity index (χ1n) is 8.95. The number of nitrogens with zero attached hydrogens (tertiary/aromatic N) is 3. The van der Waals surface area contributed by atoms with Gasteiger partial charge in [-0.25, -0.2) is 0 Å². The third-order valence-electron chi connectivity index (χ3n) is 4.19. The fourth-order valence-electron chi connectivity index (χ4n) is 2.79. The van der Waals surface area contributed by atoms with Crippen molar-refractivity contribution in [2.24, 2.45) is 10.9 Å². The zero-order chi connectivity index (χ0) is 18.9. The van der Waals surface area contributed by atoms with E-state index in [-0.39, 0.29) is 47.8 Å². The Bertz CT molecular complexity index is 638. The Hall–Kier alpha value is -1.91. The smallest absolute Gasteiger partial charge is 0.252 e. The van der Waals surface area contributed by atoms with Gasteiger partial charge in [0.2, 0.25) is 5.91 Å². The number of aromatic nitrogens is 1. The van der Waals surface area contributed by atoms with Gasteiger partial charge in [-0.05, 0) is 18.6 Å². The molecule has 1 aliphatic rings. The van der Waals surface area contributed by atoms with Gasteiger partial charge in [0.1, 0.15) is 0 Å². The maximum atomic E-state index is 12.0. The summed E-state index contributed by atoms with van der Waals surface area (Å²) in [5, 5.41) is 9.34. The van der Waals surface area contributed by atoms with Crippen LogP contribution in [0.4, 0.5) is 0 Å². The van der Waals surface area contributed by atoms with E-state index in [1.54, 1.807) is 25.4 Å². The van der Waals surface area contributed by atoms with Crippen LogP contribution in [0.1, 0.15) is 30.6 Å². The van der Waals surface area contributed by atoms with Gasteiger partial charge in [-0.2, -0.15) is 0 Å². The van der Waals surface area contributed by atoms with Gasteiger partial charge in [-0.1, -0.05) is 13.8 Å². The van der Waals surface area contributed by atoms with Gasteiger partial charge in [0, 0.05) is 57.6 Å². The number of aliphatic imine (C=N–C) groups is 1. The van der Waals surface area contributed by atoms with E-state index >= 15 is 0 Å². The minimum atomic E-state index is -0.151. The summed E-state index contributed by atoms with van der Waals surface area (Å²) >= 11 is 0. The Labute approximate surface area is 177 Å². The van der Waals surface area contributed by atoms with Crippen molar-refractivity contribution in [3.05, 3.63) is 30.1 Å². The second-order valence-corrected chi connectivity index (χ2v) is 6.57. The number of pyridine rings is 1. The molecule has 0 saturated carbocycles. The predicted octanol–water partition coefficient (Wildman–Crippen LogP) is 0.851. The average molecular weight is 488 g/mol. The predicted molar refractivity (Wildman–Crippen MR) is 116 cm³/mol. The van der Waals surface area contributed by atoms with Gasteiger partial charge in [0.05, 0.1) is 5.56 Å². The molecule has 3 N–H and O–H groups in total. The van der Waals surface area contributed by atoms with E-state index in [1.807, 2.05) is 18.7 Å². The maximum Gasteiger partial charge on any atom is 0.252 e. The van der Waals surface area contributed by atoms with Crippen LogP contribution < -0.4 is 16.0 Å². The zero-order valence-corrected chi connectivity index (χ0v) is 18.4. The quantitative estimate of drug-likeness (QED) is 0.239. The van der Waals surface area contributed by atoms with Crippen LogP contribution in [0.25, 0.3) is 0 Å². The number of halogens is 1. The minimum absolute atomic E-state index is 0. The number of hydrogen-bond donors (Lipinski definition) is 3. The van der Waals surface area contributed by atoms with Crippen LogP contribution >= 0.6 is 24.0 Å². The molecule has 2 rings (SSSR count). The molecular weight excluding hydrogens is 459 g/mol. The molecule has 1 aromatic heterocycles. The number of carbonyl (C=O) groups excluding carboxylic acids is 2. The highest BCUT2D eigenvalue weighted by Gasteiger charge is 2.27. The van der Waals surface area contributed by atoms with Crippen LogP contribution in [0.2, 0.25) is 0 Å². The summed E-state index contributed by atoms with van der Waals surface area (Å²) in [5.74, 6) is 0.732. The molecule has 1 aromatic rings. The molecule has 0 radical (unpaired) electrons. The van der Waals surface area contributed by atoms with E-state index in [0.29, 0.717) is 31.2 Å². The van der Waals surface area contributed by atoms with Crippen LogP contribution in [0.3, 0.4) is 0 Å². The number of rotatable bonds is 6. The second-order valence-electron chi connectivity index (χ2n) is 6.57. The molecular formula is C18H29IN6O2. The lowest BCUT2D eigenvalue weighted by Crippen LogP contribution is -2.47. The number of likely N-dealkylation sites (tertiary alicyclic amines) is 1. The zero-order valence-electron chi connectivity index (χ0n) is 16.1. The topological polar surface area (TPSA) is 98.7 Å². The number of guanidine groups is 1. The van der Waals surface area contributed by atoms with E-state index in [9.17, 15) is 9.59 Å². The summed E-state index contributed by atoms with van der Waals surface area (Å²) in [6.07, 6.45) is 4.07. The van der Waals surface area contributed by atoms with Crippen molar-refractivity contribution in [3.8, 4) is 0 Å². The van der Waals surface area contributed by atoms with Crippen LogP contribution in [-0.4, -0.2) is 66.9 Å². The van der Waals surface area contributed by atoms with Crippen molar-refractivity contribution in [3.63, 3.8) is 0 Å². The molecule has 0 bridgehead atoms. The Morgan fingerprint density at radius 3 is 2.70 bits per heavy atom. The first kappa shape index (κ1) is 23.1. The molecule has 1 atom stereocenters. The summed E-state index contributed by atoms with van der Waals surface area (Å²) in [7, 11) is 1.70. The highest BCUT2D eigenvalue weighted by Crippen LogP contribution is 2.12. The largest absolute Gasteiger partial charge is 0.355 e. The van der Waals surface area contributed by atoms with Crippen molar-refractivity contribution in [2.75, 3.05) is 33.2 Å². The van der Waals surface area contributed by atoms with E-state index in [1.165, 1.54) is 6.20 Å². The maximum absolute atomic E-state index is 12.0. The van der Waals surface area contributed by atoms with E-state index in [4.69, 9.17) is 0 Å². The molecule has 0 spiro atoms. The summed E-state index contributed by atoms with van der Waals surface area (Å²) in [6, 6.07) is 3.64. The Morgan fingerprint density at radius 2 is 2.07 bits per heavy atom. The lowest BCUT2D eigenvalue weighted by atomic mass is 10.2. The van der Waals surface area contributed by atoms with E-state index in [0.717, 1.165) is 13.0 Å². The molecule has 2 heterocycles. The number of amides is 2. The van der Waals surface area contributed by atoms with Gasteiger partial charge in [-0.3, -0.25) is 19.6 Å². The van der Waals surface area contributed by atoms with Gasteiger partial charge in [-0.15, -0.1) is 24.0 Å². The van der Waals surface area contributed by atoms with E-state index in [2.05, 4.69) is 25.9 Å². The first-order chi connectivity index (χ1) is 12.5. The monoisotopic (exact) mass is 488 g/mol. The molecule has 2 amide bonds. The van der Waals surface area contributed by atoms with Gasteiger partial charge < -0.3 is 20.9 Å². The number of hydrogen-bond acceptors (Lipinski definition) is 4. The second kappa shape index (κ2) is 11.7. The van der Waals surface area contributed by atoms with E-state index < -0.39 is 0 Å². The molecule has 1 saturated heterocycles. The summed E-state index contributed by atoms with van der Waals surface area (Å²) < 4.78 is 0. The molecule has 0 aliphatic carbocycles. The fourth-order valence-corrected chi connectivity index (χ4v) is 2.79. The SMILES string of the molecule is CN=C(NCCNC(=O)c1cccnc1)NC1CCN(C(=O)C(C)C)C1.I. The Kier molecular flexibility index (Phi) is 10.0. The lowest BCUT2D eigenvalue weighted by molar-refractivity contribution is -0.133. The van der Waals surface area contributed by atoms with Crippen LogP contribution in [0, 0.1) is 5.92 Å². The molecule has 8 nitrogen and oxygen atoms in total. The van der Waals surface area contributed by atoms with Crippen LogP contribution in [0.5, 0.6) is 0 Å². The number of carbonyl (C=O) groups is 2. The molecule has 1 unspecified atom stereocenters. The summed E-state index contributed by atoms with van der Waals surface area (Å²) in [6.45, 7) is 6.32. The molecule has 150 valence electrons. The molecule has 1 fully saturated rings. The van der Waals surface area contributed by atoms with Gasteiger partial charge in [0.25, 0.3) is 5.91 Å². The van der Waals surface area contributed by atoms with Crippen molar-refractivity contribution in [1.82, 2.24) is 25.8 Å². The fraction of sp³-hybridized carbons (Fsp3) is 0.556. The van der Waals surface area contributed by atoms with Gasteiger partial charge >= 0.3 is 0 Å². The number of nitrogens with one attached hydrogen (secondary N) is 3. The minimum Gasteiger partial charge on any atom is -0.355 e. The Morgan fingerprint density at radius 1 is 1.33 bits per heavy atom. The highest BCUT2D eigenvalue weighted by atomic mass is 127. The van der Waals surface area contributed by atoms with Crippen molar-refractivity contribution >= 4 is 41.8 Å².